The monoisotopic (exact) mass is 393 g/mol. The van der Waals surface area contributed by atoms with Crippen molar-refractivity contribution in [1.29, 1.82) is 0 Å². The molecule has 148 valence electrons. The van der Waals surface area contributed by atoms with Gasteiger partial charge >= 0.3 is 0 Å². The molecule has 1 saturated heterocycles. The number of carbonyl (C=O) groups excluding carboxylic acids is 1. The Morgan fingerprint density at radius 2 is 1.86 bits per heavy atom. The van der Waals surface area contributed by atoms with E-state index in [0.717, 1.165) is 17.3 Å². The fourth-order valence-electron chi connectivity index (χ4n) is 3.41. The van der Waals surface area contributed by atoms with Gasteiger partial charge in [-0.3, -0.25) is 4.79 Å². The fraction of sp³-hybridized carbons (Fsp3) is 0.250. The summed E-state index contributed by atoms with van der Waals surface area (Å²) in [5, 5.41) is 3.27. The van der Waals surface area contributed by atoms with Crippen LogP contribution in [0.2, 0.25) is 0 Å². The molecule has 0 aliphatic carbocycles. The number of fused-ring (bicyclic) bond motifs is 1. The van der Waals surface area contributed by atoms with E-state index < -0.39 is 0 Å². The van der Waals surface area contributed by atoms with Crippen LogP contribution in [0.3, 0.4) is 0 Å². The Hall–Kier alpha value is -3.75. The number of anilines is 3. The van der Waals surface area contributed by atoms with E-state index in [2.05, 4.69) is 20.2 Å². The van der Waals surface area contributed by atoms with Gasteiger partial charge in [0.1, 0.15) is 18.0 Å². The lowest BCUT2D eigenvalue weighted by molar-refractivity contribution is 0.0714. The molecule has 1 N–H and O–H groups in total. The van der Waals surface area contributed by atoms with Gasteiger partial charge in [0.15, 0.2) is 17.3 Å². The van der Waals surface area contributed by atoms with Gasteiger partial charge in [-0.05, 0) is 24.3 Å². The predicted molar refractivity (Wildman–Crippen MR) is 105 cm³/mol. The molecule has 1 amide bonds. The smallest absolute Gasteiger partial charge is 0.289 e. The number of furan rings is 1. The van der Waals surface area contributed by atoms with Crippen LogP contribution in [0.1, 0.15) is 10.6 Å². The van der Waals surface area contributed by atoms with Crippen molar-refractivity contribution in [1.82, 2.24) is 14.9 Å². The summed E-state index contributed by atoms with van der Waals surface area (Å²) in [7, 11) is 0. The van der Waals surface area contributed by atoms with Crippen LogP contribution in [0, 0.1) is 0 Å². The molecular weight excluding hydrogens is 374 g/mol. The fourth-order valence-corrected chi connectivity index (χ4v) is 3.41. The maximum Gasteiger partial charge on any atom is 0.289 e. The number of aromatic nitrogens is 2. The highest BCUT2D eigenvalue weighted by Gasteiger charge is 2.24. The number of amides is 1. The van der Waals surface area contributed by atoms with E-state index in [4.69, 9.17) is 13.9 Å². The average Bonchev–Trinajstić information content (AvgIpc) is 3.45. The summed E-state index contributed by atoms with van der Waals surface area (Å²) >= 11 is 0. The Labute approximate surface area is 166 Å². The van der Waals surface area contributed by atoms with Crippen molar-refractivity contribution in [2.24, 2.45) is 0 Å². The molecule has 0 unspecified atom stereocenters. The summed E-state index contributed by atoms with van der Waals surface area (Å²) in [6.45, 7) is 2.83. The van der Waals surface area contributed by atoms with Crippen LogP contribution >= 0.6 is 0 Å². The molecular formula is C20H19N5O4. The highest BCUT2D eigenvalue weighted by atomic mass is 16.7. The largest absolute Gasteiger partial charge is 0.459 e. The third-order valence-corrected chi connectivity index (χ3v) is 4.92. The van der Waals surface area contributed by atoms with Crippen molar-refractivity contribution in [2.45, 2.75) is 0 Å². The molecule has 29 heavy (non-hydrogen) atoms. The van der Waals surface area contributed by atoms with Crippen molar-refractivity contribution in [3.05, 3.63) is 54.7 Å². The Morgan fingerprint density at radius 1 is 1.00 bits per heavy atom. The van der Waals surface area contributed by atoms with E-state index in [9.17, 15) is 4.79 Å². The average molecular weight is 393 g/mol. The zero-order chi connectivity index (χ0) is 19.6. The highest BCUT2D eigenvalue weighted by molar-refractivity contribution is 5.91. The summed E-state index contributed by atoms with van der Waals surface area (Å²) in [4.78, 5) is 25.0. The van der Waals surface area contributed by atoms with Crippen LogP contribution in [-0.4, -0.2) is 53.7 Å². The van der Waals surface area contributed by atoms with Crippen molar-refractivity contribution in [3.8, 4) is 11.5 Å². The van der Waals surface area contributed by atoms with Crippen LogP contribution in [0.5, 0.6) is 11.5 Å². The molecule has 2 aliphatic rings. The molecule has 5 rings (SSSR count). The molecule has 2 aliphatic heterocycles. The van der Waals surface area contributed by atoms with Crippen LogP contribution in [0.15, 0.2) is 53.4 Å². The van der Waals surface area contributed by atoms with Crippen LogP contribution in [-0.2, 0) is 0 Å². The lowest BCUT2D eigenvalue weighted by atomic mass is 10.2. The summed E-state index contributed by atoms with van der Waals surface area (Å²) in [5.41, 5.74) is 0.854. The zero-order valence-corrected chi connectivity index (χ0v) is 15.6. The number of nitrogens with one attached hydrogen (secondary N) is 1. The lowest BCUT2D eigenvalue weighted by Gasteiger charge is -2.35. The van der Waals surface area contributed by atoms with E-state index in [1.165, 1.54) is 12.6 Å². The Balaban J connectivity index is 1.24. The van der Waals surface area contributed by atoms with Gasteiger partial charge in [0.25, 0.3) is 5.91 Å². The van der Waals surface area contributed by atoms with Crippen molar-refractivity contribution in [2.75, 3.05) is 43.2 Å². The normalized spacial score (nSPS) is 15.4. The molecule has 0 bridgehead atoms. The van der Waals surface area contributed by atoms with Gasteiger partial charge in [0.05, 0.1) is 6.26 Å². The van der Waals surface area contributed by atoms with Crippen LogP contribution < -0.4 is 19.7 Å². The van der Waals surface area contributed by atoms with E-state index >= 15 is 0 Å². The van der Waals surface area contributed by atoms with Gasteiger partial charge in [0, 0.05) is 44.0 Å². The molecule has 1 aromatic carbocycles. The molecule has 3 aromatic rings. The van der Waals surface area contributed by atoms with E-state index in [0.29, 0.717) is 43.5 Å². The van der Waals surface area contributed by atoms with Gasteiger partial charge in [-0.25, -0.2) is 9.97 Å². The first-order chi connectivity index (χ1) is 14.3. The quantitative estimate of drug-likeness (QED) is 0.723. The molecule has 0 saturated carbocycles. The number of carbonyl (C=O) groups is 1. The molecule has 9 heteroatoms. The van der Waals surface area contributed by atoms with Crippen molar-refractivity contribution >= 4 is 23.2 Å². The minimum Gasteiger partial charge on any atom is -0.459 e. The Kier molecular flexibility index (Phi) is 4.39. The maximum atomic E-state index is 12.4. The number of rotatable bonds is 4. The van der Waals surface area contributed by atoms with Gasteiger partial charge < -0.3 is 29.0 Å². The number of hydrogen-bond donors (Lipinski definition) is 1. The summed E-state index contributed by atoms with van der Waals surface area (Å²) in [6.07, 6.45) is 3.05. The maximum absolute atomic E-state index is 12.4. The second kappa shape index (κ2) is 7.34. The zero-order valence-electron chi connectivity index (χ0n) is 15.6. The number of benzene rings is 1. The van der Waals surface area contributed by atoms with Gasteiger partial charge in [-0.1, -0.05) is 0 Å². The number of nitrogens with zero attached hydrogens (tertiary/aromatic N) is 4. The number of ether oxygens (including phenoxy) is 2. The molecule has 4 heterocycles. The minimum absolute atomic E-state index is 0.0810. The summed E-state index contributed by atoms with van der Waals surface area (Å²) in [6, 6.07) is 11.0. The number of hydrogen-bond acceptors (Lipinski definition) is 8. The van der Waals surface area contributed by atoms with Crippen LogP contribution in [0.4, 0.5) is 17.3 Å². The van der Waals surface area contributed by atoms with Crippen molar-refractivity contribution < 1.29 is 18.7 Å². The predicted octanol–water partition coefficient (Wildman–Crippen LogP) is 2.50. The first-order valence-corrected chi connectivity index (χ1v) is 9.33. The summed E-state index contributed by atoms with van der Waals surface area (Å²) < 4.78 is 16.0. The molecule has 0 spiro atoms. The first kappa shape index (κ1) is 17.4. The lowest BCUT2D eigenvalue weighted by Crippen LogP contribution is -2.49. The second-order valence-corrected chi connectivity index (χ2v) is 6.71. The van der Waals surface area contributed by atoms with Crippen molar-refractivity contribution in [3.63, 3.8) is 0 Å². The second-order valence-electron chi connectivity index (χ2n) is 6.71. The Bertz CT molecular complexity index is 1020. The topological polar surface area (TPSA) is 93.0 Å². The SMILES string of the molecule is O=C(c1ccco1)N1CCN(c2cc(Nc3ccc4c(c3)OCO4)ncn2)CC1. The van der Waals surface area contributed by atoms with E-state index in [-0.39, 0.29) is 12.7 Å². The van der Waals surface area contributed by atoms with Crippen LogP contribution in [0.25, 0.3) is 0 Å². The summed E-state index contributed by atoms with van der Waals surface area (Å²) in [5.74, 6) is 3.23. The third kappa shape index (κ3) is 3.54. The molecule has 2 aromatic heterocycles. The van der Waals surface area contributed by atoms with Gasteiger partial charge in [0.2, 0.25) is 6.79 Å². The standard InChI is InChI=1S/C20H19N5O4/c26-20(16-2-1-9-27-16)25-7-5-24(6-8-25)19-11-18(21-12-22-19)23-14-3-4-15-17(10-14)29-13-28-15/h1-4,9-12H,5-8,13H2,(H,21,22,23). The van der Waals surface area contributed by atoms with Gasteiger partial charge in [-0.15, -0.1) is 0 Å². The first-order valence-electron chi connectivity index (χ1n) is 9.33. The molecule has 0 radical (unpaired) electrons. The highest BCUT2D eigenvalue weighted by Crippen LogP contribution is 2.35. The third-order valence-electron chi connectivity index (χ3n) is 4.92. The number of piperazine rings is 1. The van der Waals surface area contributed by atoms with E-state index in [1.807, 2.05) is 24.3 Å². The molecule has 0 atom stereocenters. The van der Waals surface area contributed by atoms with Gasteiger partial charge in [-0.2, -0.15) is 0 Å². The minimum atomic E-state index is -0.0810. The molecule has 1 fully saturated rings. The molecule has 9 nitrogen and oxygen atoms in total. The van der Waals surface area contributed by atoms with E-state index in [1.54, 1.807) is 17.0 Å². The Morgan fingerprint density at radius 3 is 2.69 bits per heavy atom.